The minimum Gasteiger partial charge on any atom is -0.478 e. The van der Waals surface area contributed by atoms with E-state index in [0.29, 0.717) is 22.7 Å². The molecule has 0 aliphatic carbocycles. The van der Waals surface area contributed by atoms with Crippen molar-refractivity contribution in [1.29, 1.82) is 0 Å². The third-order valence-electron chi connectivity index (χ3n) is 3.91. The molecule has 4 N–H and O–H groups in total. The van der Waals surface area contributed by atoms with Gasteiger partial charge in [0.25, 0.3) is 0 Å². The molecule has 23 heavy (non-hydrogen) atoms. The molecule has 0 atom stereocenters. The Hall–Kier alpha value is -3.00. The van der Waals surface area contributed by atoms with Crippen molar-refractivity contribution in [2.24, 2.45) is 5.92 Å². The van der Waals surface area contributed by atoms with Crippen molar-refractivity contribution in [2.45, 2.75) is 13.8 Å². The molecule has 0 spiro atoms. The molecular formula is C15H15N3O5. The average molecular weight is 317 g/mol. The molecule has 3 heterocycles. The Morgan fingerprint density at radius 3 is 2.35 bits per heavy atom. The lowest BCUT2D eigenvalue weighted by molar-refractivity contribution is -0.134. The first-order chi connectivity index (χ1) is 10.9. The van der Waals surface area contributed by atoms with Crippen LogP contribution in [0, 0.1) is 5.92 Å². The third kappa shape index (κ3) is 2.29. The van der Waals surface area contributed by atoms with Crippen molar-refractivity contribution in [1.82, 2.24) is 15.9 Å². The summed E-state index contributed by atoms with van der Waals surface area (Å²) in [6.07, 6.45) is 6.57. The van der Waals surface area contributed by atoms with Gasteiger partial charge in [0.15, 0.2) is 0 Å². The summed E-state index contributed by atoms with van der Waals surface area (Å²) in [4.78, 5) is 28.6. The fourth-order valence-corrected chi connectivity index (χ4v) is 3.00. The number of hydrogen-bond acceptors (Lipinski definition) is 6. The number of hydroxylamine groups is 3. The molecule has 0 aromatic rings. The van der Waals surface area contributed by atoms with Crippen LogP contribution in [0.1, 0.15) is 13.8 Å². The highest BCUT2D eigenvalue weighted by atomic mass is 16.8. The summed E-state index contributed by atoms with van der Waals surface area (Å²) in [6, 6.07) is 0. The number of allylic oxidation sites excluding steroid dienone is 5. The number of hydrogen-bond donors (Lipinski definition) is 4. The van der Waals surface area contributed by atoms with Crippen molar-refractivity contribution >= 4 is 11.9 Å². The van der Waals surface area contributed by atoms with E-state index in [4.69, 9.17) is 4.94 Å². The molecule has 3 rings (SSSR count). The van der Waals surface area contributed by atoms with Crippen molar-refractivity contribution in [3.8, 4) is 0 Å². The van der Waals surface area contributed by atoms with Gasteiger partial charge in [-0.2, -0.15) is 4.94 Å². The van der Waals surface area contributed by atoms with E-state index in [9.17, 15) is 19.8 Å². The monoisotopic (exact) mass is 317 g/mol. The zero-order chi connectivity index (χ0) is 16.7. The van der Waals surface area contributed by atoms with Crippen LogP contribution >= 0.6 is 0 Å². The van der Waals surface area contributed by atoms with Crippen LogP contribution in [0.4, 0.5) is 0 Å². The molecule has 8 nitrogen and oxygen atoms in total. The van der Waals surface area contributed by atoms with E-state index in [1.54, 1.807) is 38.4 Å². The molecule has 0 saturated heterocycles. The quantitative estimate of drug-likeness (QED) is 0.609. The Morgan fingerprint density at radius 2 is 1.78 bits per heavy atom. The van der Waals surface area contributed by atoms with Gasteiger partial charge in [-0.25, -0.2) is 20.1 Å². The lowest BCUT2D eigenvalue weighted by Crippen LogP contribution is -2.34. The van der Waals surface area contributed by atoms with Gasteiger partial charge in [-0.05, 0) is 25.5 Å². The van der Waals surface area contributed by atoms with E-state index in [0.717, 1.165) is 0 Å². The lowest BCUT2D eigenvalue weighted by atomic mass is 9.78. The lowest BCUT2D eigenvalue weighted by Gasteiger charge is -2.32. The number of fused-ring (bicyclic) bond motifs is 1. The summed E-state index contributed by atoms with van der Waals surface area (Å²) in [7, 11) is 0. The molecule has 0 radical (unpaired) electrons. The molecule has 0 saturated carbocycles. The van der Waals surface area contributed by atoms with Crippen molar-refractivity contribution < 1.29 is 24.7 Å². The first kappa shape index (κ1) is 14.9. The summed E-state index contributed by atoms with van der Waals surface area (Å²) in [6.45, 7) is 3.24. The Morgan fingerprint density at radius 1 is 1.17 bits per heavy atom. The molecule has 0 aromatic heterocycles. The fraction of sp³-hybridized carbons (Fsp3) is 0.200. The Bertz CT molecular complexity index is 721. The molecule has 0 fully saturated rings. The van der Waals surface area contributed by atoms with Gasteiger partial charge in [0.2, 0.25) is 0 Å². The van der Waals surface area contributed by atoms with Gasteiger partial charge in [-0.3, -0.25) is 0 Å². The molecule has 0 bridgehead atoms. The minimum atomic E-state index is -1.17. The number of dihydropyridines is 1. The van der Waals surface area contributed by atoms with E-state index in [-0.39, 0.29) is 11.1 Å². The van der Waals surface area contributed by atoms with Crippen molar-refractivity contribution in [2.75, 3.05) is 0 Å². The van der Waals surface area contributed by atoms with Gasteiger partial charge in [0.05, 0.1) is 29.0 Å². The standard InChI is InChI=1S/C15H15N3O5/c1-7-11(14(19)20)13(12(15(21)22)8(2)17-7)9-4-3-5-18-10(9)6-16-23-18/h3-6,13,16-17H,1-2H3,(H,19,20)(H,21,22). The largest absolute Gasteiger partial charge is 0.478 e. The van der Waals surface area contributed by atoms with E-state index in [1.807, 2.05) is 0 Å². The number of carbonyl (C=O) groups is 2. The highest BCUT2D eigenvalue weighted by Gasteiger charge is 2.40. The van der Waals surface area contributed by atoms with E-state index in [1.165, 1.54) is 5.06 Å². The smallest absolute Gasteiger partial charge is 0.334 e. The number of rotatable bonds is 3. The van der Waals surface area contributed by atoms with Crippen LogP contribution in [0.2, 0.25) is 0 Å². The van der Waals surface area contributed by atoms with Gasteiger partial charge in [0.1, 0.15) is 0 Å². The third-order valence-corrected chi connectivity index (χ3v) is 3.91. The van der Waals surface area contributed by atoms with Gasteiger partial charge >= 0.3 is 11.9 Å². The number of nitrogens with one attached hydrogen (secondary N) is 2. The van der Waals surface area contributed by atoms with Crippen LogP contribution in [0.25, 0.3) is 0 Å². The summed E-state index contributed by atoms with van der Waals surface area (Å²) in [5, 5.41) is 23.5. The predicted molar refractivity (Wildman–Crippen MR) is 78.7 cm³/mol. The SMILES string of the molecule is CC1=C(C(=O)O)C(C2=CC=CN3ONC=C23)C(C(=O)O)=C(C)N1. The summed E-state index contributed by atoms with van der Waals surface area (Å²) in [5.74, 6) is -3.24. The normalized spacial score (nSPS) is 20.7. The molecular weight excluding hydrogens is 302 g/mol. The van der Waals surface area contributed by atoms with E-state index in [2.05, 4.69) is 10.8 Å². The molecule has 120 valence electrons. The Kier molecular flexibility index (Phi) is 3.45. The molecule has 0 aromatic carbocycles. The zero-order valence-electron chi connectivity index (χ0n) is 12.5. The van der Waals surface area contributed by atoms with E-state index >= 15 is 0 Å². The number of nitrogens with zero attached hydrogens (tertiary/aromatic N) is 1. The van der Waals surface area contributed by atoms with Crippen LogP contribution in [-0.4, -0.2) is 27.2 Å². The van der Waals surface area contributed by atoms with Crippen LogP contribution < -0.4 is 10.8 Å². The maximum atomic E-state index is 11.7. The number of aliphatic carboxylic acids is 2. The number of carboxylic acid groups (broad SMARTS) is 2. The Labute approximate surface area is 131 Å². The molecule has 0 unspecified atom stereocenters. The van der Waals surface area contributed by atoms with Crippen LogP contribution in [-0.2, 0) is 14.5 Å². The first-order valence-corrected chi connectivity index (χ1v) is 6.87. The topological polar surface area (TPSA) is 111 Å². The van der Waals surface area contributed by atoms with Gasteiger partial charge in [-0.1, -0.05) is 6.08 Å². The maximum Gasteiger partial charge on any atom is 0.334 e. The second-order valence-electron chi connectivity index (χ2n) is 5.27. The minimum absolute atomic E-state index is 0.00213. The predicted octanol–water partition coefficient (Wildman–Crippen LogP) is 0.970. The average Bonchev–Trinajstić information content (AvgIpc) is 2.93. The van der Waals surface area contributed by atoms with Crippen molar-refractivity contribution in [3.63, 3.8) is 0 Å². The van der Waals surface area contributed by atoms with Crippen LogP contribution in [0.15, 0.2) is 58.4 Å². The van der Waals surface area contributed by atoms with Gasteiger partial charge in [-0.15, -0.1) is 0 Å². The second-order valence-corrected chi connectivity index (χ2v) is 5.27. The molecule has 8 heteroatoms. The van der Waals surface area contributed by atoms with Gasteiger partial charge < -0.3 is 15.5 Å². The molecule has 3 aliphatic heterocycles. The van der Waals surface area contributed by atoms with Crippen LogP contribution in [0.5, 0.6) is 0 Å². The van der Waals surface area contributed by atoms with Gasteiger partial charge in [0, 0.05) is 17.6 Å². The number of carboxylic acids is 2. The summed E-state index contributed by atoms with van der Waals surface area (Å²) >= 11 is 0. The highest BCUT2D eigenvalue weighted by Crippen LogP contribution is 2.41. The molecule has 3 aliphatic rings. The highest BCUT2D eigenvalue weighted by molar-refractivity contribution is 5.97. The van der Waals surface area contributed by atoms with Crippen LogP contribution in [0.3, 0.4) is 0 Å². The maximum absolute atomic E-state index is 11.7. The fourth-order valence-electron chi connectivity index (χ4n) is 3.00. The summed E-state index contributed by atoms with van der Waals surface area (Å²) in [5.41, 5.74) is 4.51. The first-order valence-electron chi connectivity index (χ1n) is 6.87. The second kappa shape index (κ2) is 5.33. The van der Waals surface area contributed by atoms with E-state index < -0.39 is 17.9 Å². The Balaban J connectivity index is 2.20. The van der Waals surface area contributed by atoms with Crippen molar-refractivity contribution in [3.05, 3.63) is 58.4 Å². The zero-order valence-corrected chi connectivity index (χ0v) is 12.5. The summed E-state index contributed by atoms with van der Waals surface area (Å²) < 4.78 is 0. The molecule has 0 amide bonds.